The fraction of sp³-hybridized carbons (Fsp3) is 0.727. The third kappa shape index (κ3) is 8.19. The molecule has 7 nitrogen and oxygen atoms in total. The zero-order valence-corrected chi connectivity index (χ0v) is 18.2. The lowest BCUT2D eigenvalue weighted by molar-refractivity contribution is -0.0284. The van der Waals surface area contributed by atoms with Gasteiger partial charge in [0, 0.05) is 45.0 Å². The Morgan fingerprint density at radius 1 is 1.34 bits per heavy atom. The van der Waals surface area contributed by atoms with Gasteiger partial charge in [0.2, 0.25) is 5.88 Å². The van der Waals surface area contributed by atoms with Crippen LogP contribution in [0, 0.1) is 11.8 Å². The van der Waals surface area contributed by atoms with Gasteiger partial charge in [-0.1, -0.05) is 19.9 Å². The van der Waals surface area contributed by atoms with Gasteiger partial charge in [0.15, 0.2) is 5.96 Å². The molecule has 0 radical (unpaired) electrons. The quantitative estimate of drug-likeness (QED) is 0.461. The second kappa shape index (κ2) is 11.4. The van der Waals surface area contributed by atoms with E-state index in [1.807, 2.05) is 18.3 Å². The van der Waals surface area contributed by atoms with Crippen LogP contribution in [-0.2, 0) is 11.3 Å². The van der Waals surface area contributed by atoms with Crippen molar-refractivity contribution in [3.8, 4) is 5.88 Å². The minimum atomic E-state index is 0.191. The molecule has 1 atom stereocenters. The fourth-order valence-corrected chi connectivity index (χ4v) is 3.39. The van der Waals surface area contributed by atoms with Gasteiger partial charge in [-0.25, -0.2) is 9.98 Å². The van der Waals surface area contributed by atoms with Crippen molar-refractivity contribution in [1.29, 1.82) is 0 Å². The molecule has 2 aliphatic rings. The summed E-state index contributed by atoms with van der Waals surface area (Å²) in [6.45, 7) is 13.5. The topological polar surface area (TPSA) is 71.0 Å². The van der Waals surface area contributed by atoms with E-state index in [1.165, 1.54) is 12.8 Å². The number of nitrogens with one attached hydrogen (secondary N) is 2. The Hall–Kier alpha value is -1.86. The second-order valence-electron chi connectivity index (χ2n) is 8.48. The molecule has 1 aliphatic carbocycles. The maximum atomic E-state index is 5.93. The van der Waals surface area contributed by atoms with Crippen molar-refractivity contribution in [2.24, 2.45) is 16.8 Å². The summed E-state index contributed by atoms with van der Waals surface area (Å²) >= 11 is 0. The van der Waals surface area contributed by atoms with Gasteiger partial charge in [-0.3, -0.25) is 4.90 Å². The molecule has 1 unspecified atom stereocenters. The number of nitrogens with zero attached hydrogens (tertiary/aromatic N) is 3. The third-order valence-electron chi connectivity index (χ3n) is 5.07. The number of hydrogen-bond donors (Lipinski definition) is 2. The van der Waals surface area contributed by atoms with Gasteiger partial charge in [-0.2, -0.15) is 0 Å². The lowest BCUT2D eigenvalue weighted by atomic mass is 10.2. The van der Waals surface area contributed by atoms with Crippen LogP contribution in [0.4, 0.5) is 0 Å². The molecule has 2 N–H and O–H groups in total. The van der Waals surface area contributed by atoms with E-state index in [1.54, 1.807) is 0 Å². The van der Waals surface area contributed by atoms with E-state index in [2.05, 4.69) is 41.3 Å². The number of morpholine rings is 1. The van der Waals surface area contributed by atoms with Crippen molar-refractivity contribution >= 4 is 5.96 Å². The maximum absolute atomic E-state index is 5.93. The summed E-state index contributed by atoms with van der Waals surface area (Å²) < 4.78 is 11.6. The van der Waals surface area contributed by atoms with Crippen molar-refractivity contribution in [3.63, 3.8) is 0 Å². The molecule has 162 valence electrons. The van der Waals surface area contributed by atoms with Gasteiger partial charge < -0.3 is 20.1 Å². The molecule has 0 spiro atoms. The van der Waals surface area contributed by atoms with Gasteiger partial charge in [-0.15, -0.1) is 0 Å². The second-order valence-corrected chi connectivity index (χ2v) is 8.48. The molecule has 2 fully saturated rings. The summed E-state index contributed by atoms with van der Waals surface area (Å²) in [7, 11) is 0. The summed E-state index contributed by atoms with van der Waals surface area (Å²) in [6, 6.07) is 3.98. The molecule has 1 saturated carbocycles. The first-order chi connectivity index (χ1) is 14.1. The summed E-state index contributed by atoms with van der Waals surface area (Å²) in [5.74, 6) is 2.93. The van der Waals surface area contributed by atoms with E-state index in [9.17, 15) is 0 Å². The van der Waals surface area contributed by atoms with E-state index >= 15 is 0 Å². The molecule has 1 aliphatic heterocycles. The fourth-order valence-electron chi connectivity index (χ4n) is 3.39. The van der Waals surface area contributed by atoms with Crippen LogP contribution >= 0.6 is 0 Å². The highest BCUT2D eigenvalue weighted by Crippen LogP contribution is 2.29. The Balaban J connectivity index is 1.44. The summed E-state index contributed by atoms with van der Waals surface area (Å²) in [5.41, 5.74) is 1.07. The molecule has 0 amide bonds. The average Bonchev–Trinajstić information content (AvgIpc) is 3.54. The van der Waals surface area contributed by atoms with E-state index in [4.69, 9.17) is 14.5 Å². The minimum absolute atomic E-state index is 0.191. The standard InChI is InChI=1S/C22H37N5O2/c1-4-23-22(26-13-20-15-27(9-10-28-20)14-17(2)3)25-12-19-7-8-21(24-11-19)29-16-18-5-6-18/h7-8,11,17-18,20H,4-6,9-10,12-16H2,1-3H3,(H2,23,25,26). The molecule has 1 saturated heterocycles. The number of ether oxygens (including phenoxy) is 2. The van der Waals surface area contributed by atoms with Gasteiger partial charge in [-0.05, 0) is 37.2 Å². The SMILES string of the molecule is CCNC(=NCc1ccc(OCC2CC2)nc1)NCC1CN(CC(C)C)CCO1. The molecule has 0 aromatic carbocycles. The molecule has 3 rings (SSSR count). The van der Waals surface area contributed by atoms with Crippen molar-refractivity contribution in [1.82, 2.24) is 20.5 Å². The lowest BCUT2D eigenvalue weighted by Crippen LogP contribution is -2.50. The van der Waals surface area contributed by atoms with Gasteiger partial charge in [0.1, 0.15) is 0 Å². The number of guanidine groups is 1. The highest BCUT2D eigenvalue weighted by molar-refractivity contribution is 5.79. The highest BCUT2D eigenvalue weighted by Gasteiger charge is 2.22. The van der Waals surface area contributed by atoms with E-state index in [0.29, 0.717) is 18.3 Å². The largest absolute Gasteiger partial charge is 0.477 e. The average molecular weight is 404 g/mol. The Morgan fingerprint density at radius 2 is 2.21 bits per heavy atom. The van der Waals surface area contributed by atoms with E-state index in [-0.39, 0.29) is 6.10 Å². The van der Waals surface area contributed by atoms with Crippen LogP contribution in [0.3, 0.4) is 0 Å². The van der Waals surface area contributed by atoms with E-state index in [0.717, 1.165) is 63.4 Å². The van der Waals surface area contributed by atoms with Crippen LogP contribution in [0.1, 0.15) is 39.2 Å². The first-order valence-electron chi connectivity index (χ1n) is 11.1. The number of aromatic nitrogens is 1. The molecule has 1 aromatic heterocycles. The molecule has 7 heteroatoms. The van der Waals surface area contributed by atoms with Crippen molar-refractivity contribution < 1.29 is 9.47 Å². The van der Waals surface area contributed by atoms with Gasteiger partial charge >= 0.3 is 0 Å². The Labute approximate surface area is 175 Å². The Morgan fingerprint density at radius 3 is 2.90 bits per heavy atom. The first kappa shape index (κ1) is 21.8. The van der Waals surface area contributed by atoms with Crippen LogP contribution < -0.4 is 15.4 Å². The Kier molecular flexibility index (Phi) is 8.55. The lowest BCUT2D eigenvalue weighted by Gasteiger charge is -2.34. The zero-order valence-electron chi connectivity index (χ0n) is 18.2. The van der Waals surface area contributed by atoms with Crippen LogP contribution in [-0.4, -0.2) is 67.9 Å². The summed E-state index contributed by atoms with van der Waals surface area (Å²) in [5, 5.41) is 6.74. The molecular formula is C22H37N5O2. The monoisotopic (exact) mass is 403 g/mol. The molecule has 1 aromatic rings. The zero-order chi connectivity index (χ0) is 20.5. The minimum Gasteiger partial charge on any atom is -0.477 e. The Bertz CT molecular complexity index is 631. The van der Waals surface area contributed by atoms with Crippen LogP contribution in [0.2, 0.25) is 0 Å². The summed E-state index contributed by atoms with van der Waals surface area (Å²) in [6.07, 6.45) is 4.61. The predicted molar refractivity (Wildman–Crippen MR) is 116 cm³/mol. The number of hydrogen-bond acceptors (Lipinski definition) is 5. The number of rotatable bonds is 10. The normalized spacial score (nSPS) is 20.7. The number of aliphatic imine (C=N–C) groups is 1. The molecule has 29 heavy (non-hydrogen) atoms. The highest BCUT2D eigenvalue weighted by atomic mass is 16.5. The van der Waals surface area contributed by atoms with Gasteiger partial charge in [0.05, 0.1) is 25.9 Å². The van der Waals surface area contributed by atoms with Crippen LogP contribution in [0.15, 0.2) is 23.3 Å². The first-order valence-corrected chi connectivity index (χ1v) is 11.1. The molecular weight excluding hydrogens is 366 g/mol. The molecule has 2 heterocycles. The smallest absolute Gasteiger partial charge is 0.213 e. The molecule has 0 bridgehead atoms. The third-order valence-corrected chi connectivity index (χ3v) is 5.07. The van der Waals surface area contributed by atoms with Crippen LogP contribution in [0.25, 0.3) is 0 Å². The van der Waals surface area contributed by atoms with Crippen molar-refractivity contribution in [2.45, 2.75) is 46.3 Å². The summed E-state index contributed by atoms with van der Waals surface area (Å²) in [4.78, 5) is 11.6. The number of pyridine rings is 1. The van der Waals surface area contributed by atoms with Gasteiger partial charge in [0.25, 0.3) is 0 Å². The maximum Gasteiger partial charge on any atom is 0.213 e. The van der Waals surface area contributed by atoms with Crippen LogP contribution in [0.5, 0.6) is 5.88 Å². The van der Waals surface area contributed by atoms with E-state index < -0.39 is 0 Å². The van der Waals surface area contributed by atoms with Crippen molar-refractivity contribution in [2.75, 3.05) is 45.9 Å². The van der Waals surface area contributed by atoms with Crippen molar-refractivity contribution in [3.05, 3.63) is 23.9 Å². The predicted octanol–water partition coefficient (Wildman–Crippen LogP) is 2.28.